The fourth-order valence-corrected chi connectivity index (χ4v) is 1.33. The van der Waals surface area contributed by atoms with Crippen LogP contribution in [0.1, 0.15) is 34.1 Å². The van der Waals surface area contributed by atoms with E-state index >= 15 is 0 Å². The summed E-state index contributed by atoms with van der Waals surface area (Å²) in [5.41, 5.74) is 4.86. The largest absolute Gasteiger partial charge is 0.468 e. The first-order valence-corrected chi connectivity index (χ1v) is 5.28. The molecule has 0 aliphatic heterocycles. The Balaban J connectivity index is 4.04. The highest BCUT2D eigenvalue weighted by Gasteiger charge is 2.31. The summed E-state index contributed by atoms with van der Waals surface area (Å²) in [6, 6.07) is 0. The van der Waals surface area contributed by atoms with Gasteiger partial charge in [-0.1, -0.05) is 13.8 Å². The number of rotatable bonds is 6. The van der Waals surface area contributed by atoms with Gasteiger partial charge in [0.15, 0.2) is 0 Å². The van der Waals surface area contributed by atoms with Crippen molar-refractivity contribution in [1.82, 2.24) is 0 Å². The topological polar surface area (TPSA) is 61.5 Å². The third-order valence-electron chi connectivity index (χ3n) is 2.08. The van der Waals surface area contributed by atoms with E-state index in [0.29, 0.717) is 18.9 Å². The number of esters is 1. The molecule has 0 aromatic heterocycles. The number of hydrogen-bond acceptors (Lipinski definition) is 4. The number of carbonyl (C=O) groups is 1. The molecule has 0 bridgehead atoms. The van der Waals surface area contributed by atoms with Crippen molar-refractivity contribution < 1.29 is 14.3 Å². The van der Waals surface area contributed by atoms with Gasteiger partial charge in [0.1, 0.15) is 5.54 Å². The highest BCUT2D eigenvalue weighted by atomic mass is 16.5. The lowest BCUT2D eigenvalue weighted by atomic mass is 9.96. The van der Waals surface area contributed by atoms with E-state index in [4.69, 9.17) is 10.5 Å². The third-order valence-corrected chi connectivity index (χ3v) is 2.08. The van der Waals surface area contributed by atoms with Crippen molar-refractivity contribution in [1.29, 1.82) is 0 Å². The van der Waals surface area contributed by atoms with Crippen LogP contribution in [0.25, 0.3) is 0 Å². The molecule has 2 unspecified atom stereocenters. The van der Waals surface area contributed by atoms with E-state index in [1.54, 1.807) is 6.92 Å². The Labute approximate surface area is 92.1 Å². The van der Waals surface area contributed by atoms with Gasteiger partial charge in [0.2, 0.25) is 0 Å². The standard InChI is InChI=1S/C11H23NO3/c1-8(2)7-15-9(3)6-11(4,12)10(13)14-5/h8-9H,6-7,12H2,1-5H3. The Kier molecular flexibility index (Phi) is 5.83. The lowest BCUT2D eigenvalue weighted by Gasteiger charge is -2.25. The Morgan fingerprint density at radius 1 is 1.40 bits per heavy atom. The molecule has 0 aromatic rings. The zero-order chi connectivity index (χ0) is 12.1. The summed E-state index contributed by atoms with van der Waals surface area (Å²) in [6.45, 7) is 8.41. The molecule has 0 fully saturated rings. The summed E-state index contributed by atoms with van der Waals surface area (Å²) in [5, 5.41) is 0. The molecule has 4 heteroatoms. The molecule has 0 heterocycles. The van der Waals surface area contributed by atoms with Gasteiger partial charge >= 0.3 is 5.97 Å². The maximum atomic E-state index is 11.3. The third kappa shape index (κ3) is 5.74. The van der Waals surface area contributed by atoms with Crippen molar-refractivity contribution in [3.8, 4) is 0 Å². The van der Waals surface area contributed by atoms with E-state index in [9.17, 15) is 4.79 Å². The van der Waals surface area contributed by atoms with Crippen molar-refractivity contribution in [3.05, 3.63) is 0 Å². The molecule has 0 spiro atoms. The van der Waals surface area contributed by atoms with Gasteiger partial charge in [-0.3, -0.25) is 4.79 Å². The molecule has 15 heavy (non-hydrogen) atoms. The first-order chi connectivity index (χ1) is 6.79. The SMILES string of the molecule is COC(=O)C(C)(N)CC(C)OCC(C)C. The van der Waals surface area contributed by atoms with Gasteiger partial charge in [0, 0.05) is 13.0 Å². The second-order valence-corrected chi connectivity index (χ2v) is 4.65. The van der Waals surface area contributed by atoms with Crippen LogP contribution in [0.4, 0.5) is 0 Å². The summed E-state index contributed by atoms with van der Waals surface area (Å²) in [5.74, 6) is 0.0807. The van der Waals surface area contributed by atoms with Crippen molar-refractivity contribution in [2.24, 2.45) is 11.7 Å². The zero-order valence-corrected chi connectivity index (χ0v) is 10.4. The van der Waals surface area contributed by atoms with Crippen LogP contribution in [0.5, 0.6) is 0 Å². The van der Waals surface area contributed by atoms with Crippen LogP contribution in [0.3, 0.4) is 0 Å². The molecular formula is C11H23NO3. The fourth-order valence-electron chi connectivity index (χ4n) is 1.33. The first-order valence-electron chi connectivity index (χ1n) is 5.28. The molecule has 0 saturated carbocycles. The van der Waals surface area contributed by atoms with Crippen molar-refractivity contribution in [3.63, 3.8) is 0 Å². The molecule has 0 rings (SSSR count). The van der Waals surface area contributed by atoms with E-state index in [2.05, 4.69) is 18.6 Å². The van der Waals surface area contributed by atoms with E-state index in [0.717, 1.165) is 0 Å². The maximum absolute atomic E-state index is 11.3. The number of hydrogen-bond donors (Lipinski definition) is 1. The molecule has 0 radical (unpaired) electrons. The predicted molar refractivity (Wildman–Crippen MR) is 59.5 cm³/mol. The van der Waals surface area contributed by atoms with E-state index in [1.165, 1.54) is 7.11 Å². The normalized spacial score (nSPS) is 17.3. The van der Waals surface area contributed by atoms with Gasteiger partial charge in [0.25, 0.3) is 0 Å². The minimum atomic E-state index is -0.967. The van der Waals surface area contributed by atoms with Gasteiger partial charge in [-0.25, -0.2) is 0 Å². The summed E-state index contributed by atoms with van der Waals surface area (Å²) >= 11 is 0. The first kappa shape index (κ1) is 14.4. The van der Waals surface area contributed by atoms with E-state index in [1.807, 2.05) is 6.92 Å². The highest BCUT2D eigenvalue weighted by molar-refractivity contribution is 5.79. The summed E-state index contributed by atoms with van der Waals surface area (Å²) < 4.78 is 10.2. The van der Waals surface area contributed by atoms with Crippen LogP contribution >= 0.6 is 0 Å². The van der Waals surface area contributed by atoms with Crippen LogP contribution < -0.4 is 5.73 Å². The van der Waals surface area contributed by atoms with Crippen LogP contribution in [0.2, 0.25) is 0 Å². The smallest absolute Gasteiger partial charge is 0.325 e. The molecule has 0 aliphatic carbocycles. The molecular weight excluding hydrogens is 194 g/mol. The quantitative estimate of drug-likeness (QED) is 0.682. The van der Waals surface area contributed by atoms with Crippen LogP contribution in [0.15, 0.2) is 0 Å². The Hall–Kier alpha value is -0.610. The van der Waals surface area contributed by atoms with Crippen LogP contribution in [-0.2, 0) is 14.3 Å². The highest BCUT2D eigenvalue weighted by Crippen LogP contribution is 2.13. The summed E-state index contributed by atoms with van der Waals surface area (Å²) in [6.07, 6.45) is 0.424. The molecule has 0 saturated heterocycles. The minimum absolute atomic E-state index is 0.0403. The van der Waals surface area contributed by atoms with Crippen LogP contribution in [0, 0.1) is 5.92 Å². The Morgan fingerprint density at radius 2 is 1.93 bits per heavy atom. The maximum Gasteiger partial charge on any atom is 0.325 e. The molecule has 90 valence electrons. The van der Waals surface area contributed by atoms with E-state index < -0.39 is 11.5 Å². The fraction of sp³-hybridized carbons (Fsp3) is 0.909. The molecule has 4 nitrogen and oxygen atoms in total. The van der Waals surface area contributed by atoms with Crippen molar-refractivity contribution >= 4 is 5.97 Å². The van der Waals surface area contributed by atoms with Crippen LogP contribution in [-0.4, -0.2) is 31.3 Å². The Bertz CT molecular complexity index is 202. The number of nitrogens with two attached hydrogens (primary N) is 1. The Morgan fingerprint density at radius 3 is 2.33 bits per heavy atom. The van der Waals surface area contributed by atoms with Gasteiger partial charge in [-0.15, -0.1) is 0 Å². The van der Waals surface area contributed by atoms with Gasteiger partial charge in [-0.05, 0) is 19.8 Å². The van der Waals surface area contributed by atoms with Gasteiger partial charge in [-0.2, -0.15) is 0 Å². The number of methoxy groups -OCH3 is 1. The average molecular weight is 217 g/mol. The zero-order valence-electron chi connectivity index (χ0n) is 10.4. The second kappa shape index (κ2) is 6.08. The van der Waals surface area contributed by atoms with Gasteiger partial charge < -0.3 is 15.2 Å². The molecule has 0 aromatic carbocycles. The monoisotopic (exact) mass is 217 g/mol. The van der Waals surface area contributed by atoms with E-state index in [-0.39, 0.29) is 6.10 Å². The minimum Gasteiger partial charge on any atom is -0.468 e. The van der Waals surface area contributed by atoms with Crippen molar-refractivity contribution in [2.75, 3.05) is 13.7 Å². The lowest BCUT2D eigenvalue weighted by molar-refractivity contribution is -0.148. The van der Waals surface area contributed by atoms with Gasteiger partial charge in [0.05, 0.1) is 13.2 Å². The molecule has 2 atom stereocenters. The molecule has 2 N–H and O–H groups in total. The number of ether oxygens (including phenoxy) is 2. The summed E-state index contributed by atoms with van der Waals surface area (Å²) in [4.78, 5) is 11.3. The predicted octanol–water partition coefficient (Wildman–Crippen LogP) is 1.33. The molecule has 0 aliphatic rings. The summed E-state index contributed by atoms with van der Waals surface area (Å²) in [7, 11) is 1.34. The van der Waals surface area contributed by atoms with Crippen molar-refractivity contribution in [2.45, 2.75) is 45.8 Å². The number of carbonyl (C=O) groups excluding carboxylic acids is 1. The lowest BCUT2D eigenvalue weighted by Crippen LogP contribution is -2.48. The molecule has 0 amide bonds. The second-order valence-electron chi connectivity index (χ2n) is 4.65. The average Bonchev–Trinajstić information content (AvgIpc) is 2.12.